The van der Waals surface area contributed by atoms with Crippen LogP contribution in [-0.2, 0) is 0 Å². The van der Waals surface area contributed by atoms with Crippen LogP contribution in [0, 0.1) is 6.92 Å². The lowest BCUT2D eigenvalue weighted by Crippen LogP contribution is -2.31. The Balaban J connectivity index is 1.88. The molecule has 0 radical (unpaired) electrons. The highest BCUT2D eigenvalue weighted by atomic mass is 32.1. The van der Waals surface area contributed by atoms with E-state index in [1.807, 2.05) is 12.3 Å². The van der Waals surface area contributed by atoms with Gasteiger partial charge in [-0.2, -0.15) is 0 Å². The first-order chi connectivity index (χ1) is 10.1. The summed E-state index contributed by atoms with van der Waals surface area (Å²) in [7, 11) is 0. The molecule has 1 N–H and O–H groups in total. The lowest BCUT2D eigenvalue weighted by atomic mass is 10.1. The van der Waals surface area contributed by atoms with Crippen molar-refractivity contribution >= 4 is 22.3 Å². The SMILES string of the molecule is Cc1csc(Nc2nccnc2[C@H]2CCCN2C(C)C)n1. The number of thiazole rings is 1. The van der Waals surface area contributed by atoms with E-state index >= 15 is 0 Å². The first-order valence-electron chi connectivity index (χ1n) is 7.41. The van der Waals surface area contributed by atoms with Crippen LogP contribution in [0.1, 0.15) is 44.1 Å². The molecule has 1 atom stereocenters. The molecule has 3 rings (SSSR count). The number of likely N-dealkylation sites (tertiary alicyclic amines) is 1. The van der Waals surface area contributed by atoms with Crippen molar-refractivity contribution in [2.45, 2.75) is 45.7 Å². The van der Waals surface area contributed by atoms with Gasteiger partial charge in [-0.15, -0.1) is 11.3 Å². The fraction of sp³-hybridized carbons (Fsp3) is 0.533. The molecule has 112 valence electrons. The van der Waals surface area contributed by atoms with Crippen molar-refractivity contribution in [2.75, 3.05) is 11.9 Å². The van der Waals surface area contributed by atoms with E-state index < -0.39 is 0 Å². The lowest BCUT2D eigenvalue weighted by Gasteiger charge is -2.28. The van der Waals surface area contributed by atoms with Crippen LogP contribution < -0.4 is 5.32 Å². The van der Waals surface area contributed by atoms with Gasteiger partial charge < -0.3 is 5.32 Å². The second kappa shape index (κ2) is 6.07. The summed E-state index contributed by atoms with van der Waals surface area (Å²) in [6.45, 7) is 7.61. The van der Waals surface area contributed by atoms with E-state index in [0.717, 1.165) is 35.3 Å². The van der Waals surface area contributed by atoms with Crippen LogP contribution in [0.15, 0.2) is 17.8 Å². The first kappa shape index (κ1) is 14.4. The smallest absolute Gasteiger partial charge is 0.188 e. The van der Waals surface area contributed by atoms with E-state index in [4.69, 9.17) is 0 Å². The molecule has 1 aliphatic heterocycles. The molecule has 0 saturated carbocycles. The normalized spacial score (nSPS) is 19.3. The van der Waals surface area contributed by atoms with Gasteiger partial charge in [-0.3, -0.25) is 9.88 Å². The highest BCUT2D eigenvalue weighted by molar-refractivity contribution is 7.13. The maximum absolute atomic E-state index is 4.61. The Morgan fingerprint density at radius 1 is 1.33 bits per heavy atom. The van der Waals surface area contributed by atoms with Crippen LogP contribution in [0.3, 0.4) is 0 Å². The van der Waals surface area contributed by atoms with Crippen molar-refractivity contribution in [1.29, 1.82) is 0 Å². The van der Waals surface area contributed by atoms with Gasteiger partial charge in [-0.05, 0) is 40.2 Å². The summed E-state index contributed by atoms with van der Waals surface area (Å²) in [5.41, 5.74) is 2.06. The standard InChI is InChI=1S/C15H21N5S/c1-10(2)20-8-4-5-12(20)13-14(17-7-6-16-13)19-15-18-11(3)9-21-15/h6-7,9-10,12H,4-5,8H2,1-3H3,(H,17,18,19)/t12-/m1/s1. The highest BCUT2D eigenvalue weighted by Gasteiger charge is 2.31. The minimum absolute atomic E-state index is 0.349. The van der Waals surface area contributed by atoms with Crippen molar-refractivity contribution in [1.82, 2.24) is 19.9 Å². The molecule has 0 amide bonds. The molecule has 0 bridgehead atoms. The zero-order valence-corrected chi connectivity index (χ0v) is 13.5. The van der Waals surface area contributed by atoms with Crippen molar-refractivity contribution in [3.05, 3.63) is 29.2 Å². The van der Waals surface area contributed by atoms with Crippen LogP contribution in [0.5, 0.6) is 0 Å². The average Bonchev–Trinajstić information content (AvgIpc) is 3.08. The zero-order chi connectivity index (χ0) is 14.8. The van der Waals surface area contributed by atoms with Crippen molar-refractivity contribution in [3.63, 3.8) is 0 Å². The van der Waals surface area contributed by atoms with E-state index in [1.54, 1.807) is 23.7 Å². The predicted octanol–water partition coefficient (Wildman–Crippen LogP) is 3.53. The van der Waals surface area contributed by atoms with Gasteiger partial charge in [-0.25, -0.2) is 9.97 Å². The monoisotopic (exact) mass is 303 g/mol. The fourth-order valence-electron chi connectivity index (χ4n) is 2.90. The predicted molar refractivity (Wildman–Crippen MR) is 86.0 cm³/mol. The van der Waals surface area contributed by atoms with Gasteiger partial charge in [0.1, 0.15) is 5.69 Å². The molecule has 2 aromatic heterocycles. The summed E-state index contributed by atoms with van der Waals surface area (Å²) in [4.78, 5) is 16.1. The van der Waals surface area contributed by atoms with E-state index in [-0.39, 0.29) is 0 Å². The molecule has 6 heteroatoms. The quantitative estimate of drug-likeness (QED) is 0.936. The Hall–Kier alpha value is -1.53. The minimum atomic E-state index is 0.349. The van der Waals surface area contributed by atoms with Gasteiger partial charge in [-0.1, -0.05) is 0 Å². The number of hydrogen-bond acceptors (Lipinski definition) is 6. The summed E-state index contributed by atoms with van der Waals surface area (Å²) in [6, 6.07) is 0.872. The third-order valence-corrected chi connectivity index (χ3v) is 4.72. The fourth-order valence-corrected chi connectivity index (χ4v) is 3.59. The first-order valence-corrected chi connectivity index (χ1v) is 8.29. The van der Waals surface area contributed by atoms with Crippen LogP contribution >= 0.6 is 11.3 Å². The van der Waals surface area contributed by atoms with Crippen LogP contribution in [0.4, 0.5) is 10.9 Å². The van der Waals surface area contributed by atoms with Crippen molar-refractivity contribution in [3.8, 4) is 0 Å². The lowest BCUT2D eigenvalue weighted by molar-refractivity contribution is 0.202. The Kier molecular flexibility index (Phi) is 4.17. The average molecular weight is 303 g/mol. The van der Waals surface area contributed by atoms with Gasteiger partial charge >= 0.3 is 0 Å². The maximum Gasteiger partial charge on any atom is 0.188 e. The number of aryl methyl sites for hydroxylation is 1. The molecule has 1 fully saturated rings. The molecule has 3 heterocycles. The van der Waals surface area contributed by atoms with E-state index in [9.17, 15) is 0 Å². The maximum atomic E-state index is 4.61. The molecular formula is C15H21N5S. The highest BCUT2D eigenvalue weighted by Crippen LogP contribution is 2.36. The summed E-state index contributed by atoms with van der Waals surface area (Å²) in [5, 5.41) is 6.25. The molecule has 2 aromatic rings. The number of anilines is 2. The van der Waals surface area contributed by atoms with Gasteiger partial charge in [0.25, 0.3) is 0 Å². The summed E-state index contributed by atoms with van der Waals surface area (Å²) < 4.78 is 0. The Labute approximate surface area is 129 Å². The Bertz CT molecular complexity index is 610. The number of aromatic nitrogens is 3. The van der Waals surface area contributed by atoms with Gasteiger partial charge in [0.15, 0.2) is 10.9 Å². The molecule has 0 aliphatic carbocycles. The van der Waals surface area contributed by atoms with Gasteiger partial charge in [0.2, 0.25) is 0 Å². The van der Waals surface area contributed by atoms with Crippen LogP contribution in [0.25, 0.3) is 0 Å². The molecule has 1 saturated heterocycles. The molecule has 0 unspecified atom stereocenters. The van der Waals surface area contributed by atoms with Gasteiger partial charge in [0, 0.05) is 23.8 Å². The second-order valence-corrected chi connectivity index (χ2v) is 6.56. The van der Waals surface area contributed by atoms with Crippen molar-refractivity contribution in [2.24, 2.45) is 0 Å². The Morgan fingerprint density at radius 3 is 2.86 bits per heavy atom. The molecule has 21 heavy (non-hydrogen) atoms. The summed E-state index contributed by atoms with van der Waals surface area (Å²) >= 11 is 1.60. The molecule has 1 aliphatic rings. The van der Waals surface area contributed by atoms with Gasteiger partial charge in [0.05, 0.1) is 11.7 Å². The van der Waals surface area contributed by atoms with Crippen LogP contribution in [0.2, 0.25) is 0 Å². The number of nitrogens with zero attached hydrogens (tertiary/aromatic N) is 4. The van der Waals surface area contributed by atoms with Crippen LogP contribution in [-0.4, -0.2) is 32.4 Å². The third-order valence-electron chi connectivity index (χ3n) is 3.84. The van der Waals surface area contributed by atoms with E-state index in [1.165, 1.54) is 6.42 Å². The minimum Gasteiger partial charge on any atom is -0.315 e. The largest absolute Gasteiger partial charge is 0.315 e. The molecule has 5 nitrogen and oxygen atoms in total. The third kappa shape index (κ3) is 3.06. The van der Waals surface area contributed by atoms with Crippen molar-refractivity contribution < 1.29 is 0 Å². The summed E-state index contributed by atoms with van der Waals surface area (Å²) in [5.74, 6) is 0.837. The molecule has 0 spiro atoms. The second-order valence-electron chi connectivity index (χ2n) is 5.70. The zero-order valence-electron chi connectivity index (χ0n) is 12.7. The number of nitrogens with one attached hydrogen (secondary N) is 1. The summed E-state index contributed by atoms with van der Waals surface area (Å²) in [6.07, 6.45) is 5.88. The Morgan fingerprint density at radius 2 is 2.14 bits per heavy atom. The van der Waals surface area contributed by atoms with E-state index in [2.05, 4.69) is 39.0 Å². The molecular weight excluding hydrogens is 282 g/mol. The number of hydrogen-bond donors (Lipinski definition) is 1. The number of rotatable bonds is 4. The topological polar surface area (TPSA) is 53.9 Å². The molecule has 0 aromatic carbocycles. The van der Waals surface area contributed by atoms with E-state index in [0.29, 0.717) is 12.1 Å².